The largest absolute Gasteiger partial charge is 0.366 e. The molecule has 1 aliphatic rings. The molecule has 0 radical (unpaired) electrons. The summed E-state index contributed by atoms with van der Waals surface area (Å²) < 4.78 is 10.7. The third-order valence-electron chi connectivity index (χ3n) is 3.17. The summed E-state index contributed by atoms with van der Waals surface area (Å²) in [4.78, 5) is 0. The molecule has 1 saturated carbocycles. The quantitative estimate of drug-likeness (QED) is 0.619. The third kappa shape index (κ3) is 1.77. The van der Waals surface area contributed by atoms with E-state index >= 15 is 0 Å². The van der Waals surface area contributed by atoms with Crippen LogP contribution in [0.1, 0.15) is 25.7 Å². The fourth-order valence-electron chi connectivity index (χ4n) is 1.87. The summed E-state index contributed by atoms with van der Waals surface area (Å²) in [5, 5.41) is 0. The van der Waals surface area contributed by atoms with Crippen molar-refractivity contribution in [3.05, 3.63) is 0 Å². The van der Waals surface area contributed by atoms with Crippen molar-refractivity contribution in [2.24, 2.45) is 0 Å². The Labute approximate surface area is 86.0 Å². The van der Waals surface area contributed by atoms with Gasteiger partial charge in [-0.25, -0.2) is 0 Å². The second-order valence-electron chi connectivity index (χ2n) is 3.69. The molecule has 0 saturated heterocycles. The molecule has 0 aromatic rings. The summed E-state index contributed by atoms with van der Waals surface area (Å²) >= 11 is 0. The van der Waals surface area contributed by atoms with Crippen LogP contribution in [0, 0.1) is 24.7 Å². The lowest BCUT2D eigenvalue weighted by Gasteiger charge is -2.39. The van der Waals surface area contributed by atoms with Crippen molar-refractivity contribution in [1.29, 1.82) is 0 Å². The Morgan fingerprint density at radius 2 is 1.14 bits per heavy atom. The summed E-state index contributed by atoms with van der Waals surface area (Å²) in [6, 6.07) is 0. The Balaban J connectivity index is 2.71. The number of terminal acetylenes is 2. The van der Waals surface area contributed by atoms with E-state index in [0.29, 0.717) is 0 Å². The van der Waals surface area contributed by atoms with Gasteiger partial charge in [0.25, 0.3) is 0 Å². The lowest BCUT2D eigenvalue weighted by Crippen LogP contribution is -2.43. The number of hydrogen-bond donors (Lipinski definition) is 0. The van der Waals surface area contributed by atoms with Gasteiger partial charge in [0, 0.05) is 14.2 Å². The highest BCUT2D eigenvalue weighted by atomic mass is 16.5. The molecule has 0 aromatic carbocycles. The summed E-state index contributed by atoms with van der Waals surface area (Å²) in [5.74, 6) is 5.41. The molecule has 0 spiro atoms. The van der Waals surface area contributed by atoms with Gasteiger partial charge < -0.3 is 9.47 Å². The van der Waals surface area contributed by atoms with E-state index in [2.05, 4.69) is 11.8 Å². The highest BCUT2D eigenvalue weighted by Crippen LogP contribution is 2.37. The summed E-state index contributed by atoms with van der Waals surface area (Å²) in [6.07, 6.45) is 14.0. The first-order chi connectivity index (χ1) is 6.66. The Bertz CT molecular complexity index is 242. The Morgan fingerprint density at radius 3 is 1.29 bits per heavy atom. The van der Waals surface area contributed by atoms with Gasteiger partial charge >= 0.3 is 0 Å². The first-order valence-corrected chi connectivity index (χ1v) is 4.72. The normalized spacial score (nSPS) is 37.1. The van der Waals surface area contributed by atoms with E-state index in [1.807, 2.05) is 0 Å². The van der Waals surface area contributed by atoms with Crippen LogP contribution in [0.25, 0.3) is 0 Å². The van der Waals surface area contributed by atoms with Gasteiger partial charge in [0.2, 0.25) is 0 Å². The van der Waals surface area contributed by atoms with Crippen LogP contribution in [0.3, 0.4) is 0 Å². The molecule has 0 bridgehead atoms. The van der Waals surface area contributed by atoms with E-state index in [4.69, 9.17) is 22.3 Å². The van der Waals surface area contributed by atoms with E-state index < -0.39 is 11.2 Å². The lowest BCUT2D eigenvalue weighted by atomic mass is 9.76. The summed E-state index contributed by atoms with van der Waals surface area (Å²) in [7, 11) is 3.30. The molecular weight excluding hydrogens is 176 g/mol. The molecule has 0 aliphatic heterocycles. The van der Waals surface area contributed by atoms with E-state index in [9.17, 15) is 0 Å². The molecule has 0 atom stereocenters. The van der Waals surface area contributed by atoms with Gasteiger partial charge in [0.15, 0.2) is 0 Å². The average Bonchev–Trinajstić information content (AvgIpc) is 2.29. The standard InChI is InChI=1S/C12H16O2/c1-5-11(13-3)7-9-12(6-2,14-4)10-8-11/h1-2H,7-10H2,3-4H3. The van der Waals surface area contributed by atoms with Crippen LogP contribution in [-0.4, -0.2) is 25.4 Å². The molecule has 2 heteroatoms. The summed E-state index contributed by atoms with van der Waals surface area (Å²) in [6.45, 7) is 0. The minimum Gasteiger partial charge on any atom is -0.366 e. The first kappa shape index (κ1) is 11.1. The molecule has 0 unspecified atom stereocenters. The van der Waals surface area contributed by atoms with Crippen molar-refractivity contribution < 1.29 is 9.47 Å². The Morgan fingerprint density at radius 1 is 0.857 bits per heavy atom. The average molecular weight is 192 g/mol. The molecule has 76 valence electrons. The smallest absolute Gasteiger partial charge is 0.128 e. The van der Waals surface area contributed by atoms with Gasteiger partial charge in [-0.3, -0.25) is 0 Å². The van der Waals surface area contributed by atoms with E-state index in [1.54, 1.807) is 14.2 Å². The van der Waals surface area contributed by atoms with Crippen LogP contribution >= 0.6 is 0 Å². The molecule has 2 nitrogen and oxygen atoms in total. The maximum Gasteiger partial charge on any atom is 0.128 e. The molecule has 1 aliphatic carbocycles. The van der Waals surface area contributed by atoms with E-state index in [0.717, 1.165) is 25.7 Å². The Kier molecular flexibility index (Phi) is 3.21. The number of ether oxygens (including phenoxy) is 2. The van der Waals surface area contributed by atoms with Crippen molar-refractivity contribution in [3.8, 4) is 24.7 Å². The van der Waals surface area contributed by atoms with Gasteiger partial charge in [-0.1, -0.05) is 11.8 Å². The van der Waals surface area contributed by atoms with Crippen molar-refractivity contribution in [1.82, 2.24) is 0 Å². The van der Waals surface area contributed by atoms with Crippen LogP contribution in [-0.2, 0) is 9.47 Å². The maximum absolute atomic E-state index is 5.45. The van der Waals surface area contributed by atoms with Gasteiger partial charge in [-0.15, -0.1) is 12.8 Å². The molecule has 1 fully saturated rings. The van der Waals surface area contributed by atoms with Crippen LogP contribution in [0.2, 0.25) is 0 Å². The molecular formula is C12H16O2. The van der Waals surface area contributed by atoms with Gasteiger partial charge in [0.05, 0.1) is 0 Å². The molecule has 0 aromatic heterocycles. The third-order valence-corrected chi connectivity index (χ3v) is 3.17. The minimum atomic E-state index is -0.432. The highest BCUT2D eigenvalue weighted by molar-refractivity contribution is 5.18. The SMILES string of the molecule is C#CC1(OC)CCC(C#C)(OC)CC1. The van der Waals surface area contributed by atoms with Crippen LogP contribution in [0.4, 0.5) is 0 Å². The number of methoxy groups -OCH3 is 2. The molecule has 1 rings (SSSR count). The van der Waals surface area contributed by atoms with Crippen molar-refractivity contribution in [2.45, 2.75) is 36.9 Å². The molecule has 0 heterocycles. The topological polar surface area (TPSA) is 18.5 Å². The predicted octanol–water partition coefficient (Wildman–Crippen LogP) is 1.60. The molecule has 0 N–H and O–H groups in total. The second kappa shape index (κ2) is 4.05. The monoisotopic (exact) mass is 192 g/mol. The number of rotatable bonds is 2. The Hall–Kier alpha value is -0.960. The van der Waals surface area contributed by atoms with Crippen molar-refractivity contribution >= 4 is 0 Å². The highest BCUT2D eigenvalue weighted by Gasteiger charge is 2.41. The fourth-order valence-corrected chi connectivity index (χ4v) is 1.87. The minimum absolute atomic E-state index is 0.432. The van der Waals surface area contributed by atoms with Crippen LogP contribution in [0.5, 0.6) is 0 Å². The van der Waals surface area contributed by atoms with Gasteiger partial charge in [-0.05, 0) is 25.7 Å². The lowest BCUT2D eigenvalue weighted by molar-refractivity contribution is -0.0628. The predicted molar refractivity (Wildman–Crippen MR) is 55.6 cm³/mol. The van der Waals surface area contributed by atoms with E-state index in [-0.39, 0.29) is 0 Å². The van der Waals surface area contributed by atoms with Crippen molar-refractivity contribution in [3.63, 3.8) is 0 Å². The first-order valence-electron chi connectivity index (χ1n) is 4.72. The zero-order valence-corrected chi connectivity index (χ0v) is 8.80. The molecule has 14 heavy (non-hydrogen) atoms. The molecule has 0 amide bonds. The zero-order chi connectivity index (χ0) is 10.7. The number of hydrogen-bond acceptors (Lipinski definition) is 2. The van der Waals surface area contributed by atoms with Crippen LogP contribution < -0.4 is 0 Å². The van der Waals surface area contributed by atoms with Gasteiger partial charge in [0.1, 0.15) is 11.2 Å². The maximum atomic E-state index is 5.45. The van der Waals surface area contributed by atoms with Crippen LogP contribution in [0.15, 0.2) is 0 Å². The van der Waals surface area contributed by atoms with E-state index in [1.165, 1.54) is 0 Å². The summed E-state index contributed by atoms with van der Waals surface area (Å²) in [5.41, 5.74) is -0.863. The second-order valence-corrected chi connectivity index (χ2v) is 3.69. The van der Waals surface area contributed by atoms with Crippen molar-refractivity contribution in [2.75, 3.05) is 14.2 Å². The van der Waals surface area contributed by atoms with Gasteiger partial charge in [-0.2, -0.15) is 0 Å². The fraction of sp³-hybridized carbons (Fsp3) is 0.667. The zero-order valence-electron chi connectivity index (χ0n) is 8.80.